The third kappa shape index (κ3) is 5.22. The van der Waals surface area contributed by atoms with E-state index in [2.05, 4.69) is 9.47 Å². The molecule has 4 heteroatoms. The Hall–Kier alpha value is -1.06. The van der Waals surface area contributed by atoms with Crippen LogP contribution < -0.4 is 0 Å². The van der Waals surface area contributed by atoms with Crippen molar-refractivity contribution in [2.24, 2.45) is 5.92 Å². The number of hydrogen-bond acceptors (Lipinski definition) is 4. The number of carbonyl (C=O) groups is 2. The smallest absolute Gasteiger partial charge is 0.308 e. The van der Waals surface area contributed by atoms with Crippen molar-refractivity contribution in [2.45, 2.75) is 26.2 Å². The maximum Gasteiger partial charge on any atom is 0.308 e. The second-order valence-electron chi connectivity index (χ2n) is 2.89. The highest BCUT2D eigenvalue weighted by Gasteiger charge is 2.13. The lowest BCUT2D eigenvalue weighted by molar-refractivity contribution is -0.146. The summed E-state index contributed by atoms with van der Waals surface area (Å²) in [5, 5.41) is 0. The molecule has 0 fully saturated rings. The standard InChI is InChI=1S/C9H16O4/c1-7(9(11)13-3)5-4-6-8(10)12-2/h7H,4-6H2,1-3H3. The van der Waals surface area contributed by atoms with Crippen LogP contribution in [0.5, 0.6) is 0 Å². The van der Waals surface area contributed by atoms with Gasteiger partial charge in [0.25, 0.3) is 0 Å². The minimum atomic E-state index is -0.239. The molecule has 0 bridgehead atoms. The molecule has 0 saturated heterocycles. The van der Waals surface area contributed by atoms with Gasteiger partial charge in [-0.15, -0.1) is 0 Å². The van der Waals surface area contributed by atoms with E-state index in [1.54, 1.807) is 6.92 Å². The quantitative estimate of drug-likeness (QED) is 0.607. The lowest BCUT2D eigenvalue weighted by atomic mass is 10.0. The van der Waals surface area contributed by atoms with E-state index >= 15 is 0 Å². The van der Waals surface area contributed by atoms with Gasteiger partial charge in [0.2, 0.25) is 0 Å². The summed E-state index contributed by atoms with van der Waals surface area (Å²) in [7, 11) is 2.71. The fourth-order valence-electron chi connectivity index (χ4n) is 0.974. The second kappa shape index (κ2) is 6.46. The molecule has 0 aliphatic heterocycles. The summed E-state index contributed by atoms with van der Waals surface area (Å²) in [6, 6.07) is 0. The van der Waals surface area contributed by atoms with Gasteiger partial charge in [-0.2, -0.15) is 0 Å². The molecule has 0 rings (SSSR count). The van der Waals surface area contributed by atoms with Crippen LogP contribution in [-0.2, 0) is 19.1 Å². The zero-order chi connectivity index (χ0) is 10.3. The molecule has 0 N–H and O–H groups in total. The molecule has 4 nitrogen and oxygen atoms in total. The van der Waals surface area contributed by atoms with Gasteiger partial charge in [-0.25, -0.2) is 0 Å². The van der Waals surface area contributed by atoms with Crippen molar-refractivity contribution < 1.29 is 19.1 Å². The summed E-state index contributed by atoms with van der Waals surface area (Å²) in [6.45, 7) is 1.78. The van der Waals surface area contributed by atoms with Gasteiger partial charge < -0.3 is 9.47 Å². The highest BCUT2D eigenvalue weighted by molar-refractivity contribution is 5.72. The first kappa shape index (κ1) is 11.9. The first-order valence-corrected chi connectivity index (χ1v) is 4.26. The normalized spacial score (nSPS) is 11.9. The molecule has 0 aliphatic rings. The Morgan fingerprint density at radius 3 is 2.31 bits per heavy atom. The summed E-state index contributed by atoms with van der Waals surface area (Å²) in [4.78, 5) is 21.6. The van der Waals surface area contributed by atoms with Crippen LogP contribution in [0.2, 0.25) is 0 Å². The number of esters is 2. The van der Waals surface area contributed by atoms with E-state index in [0.717, 1.165) is 0 Å². The molecule has 0 heterocycles. The van der Waals surface area contributed by atoms with Gasteiger partial charge in [0.15, 0.2) is 0 Å². The van der Waals surface area contributed by atoms with Gasteiger partial charge in [0.1, 0.15) is 0 Å². The van der Waals surface area contributed by atoms with Crippen molar-refractivity contribution >= 4 is 11.9 Å². The van der Waals surface area contributed by atoms with E-state index in [-0.39, 0.29) is 17.9 Å². The maximum atomic E-state index is 10.9. The lowest BCUT2D eigenvalue weighted by Crippen LogP contribution is -2.13. The fraction of sp³-hybridized carbons (Fsp3) is 0.778. The lowest BCUT2D eigenvalue weighted by Gasteiger charge is -2.07. The van der Waals surface area contributed by atoms with Crippen molar-refractivity contribution in [3.8, 4) is 0 Å². The van der Waals surface area contributed by atoms with E-state index in [9.17, 15) is 9.59 Å². The van der Waals surface area contributed by atoms with Gasteiger partial charge in [0.05, 0.1) is 20.1 Å². The van der Waals surface area contributed by atoms with Crippen molar-refractivity contribution in [2.75, 3.05) is 14.2 Å². The Bertz CT molecular complexity index is 176. The topological polar surface area (TPSA) is 52.6 Å². The molecular formula is C9H16O4. The van der Waals surface area contributed by atoms with Crippen LogP contribution in [0.25, 0.3) is 0 Å². The Balaban J connectivity index is 3.53. The van der Waals surface area contributed by atoms with Gasteiger partial charge in [-0.05, 0) is 12.8 Å². The molecule has 1 unspecified atom stereocenters. The van der Waals surface area contributed by atoms with Crippen LogP contribution >= 0.6 is 0 Å². The van der Waals surface area contributed by atoms with E-state index in [4.69, 9.17) is 0 Å². The number of hydrogen-bond donors (Lipinski definition) is 0. The molecular weight excluding hydrogens is 172 g/mol. The summed E-state index contributed by atoms with van der Waals surface area (Å²) in [5.41, 5.74) is 0. The number of rotatable bonds is 5. The molecule has 76 valence electrons. The Kier molecular flexibility index (Phi) is 5.93. The number of carbonyl (C=O) groups excluding carboxylic acids is 2. The van der Waals surface area contributed by atoms with Gasteiger partial charge in [0, 0.05) is 6.42 Å². The van der Waals surface area contributed by atoms with Gasteiger partial charge in [-0.1, -0.05) is 6.92 Å². The molecule has 0 saturated carbocycles. The third-order valence-electron chi connectivity index (χ3n) is 1.85. The van der Waals surface area contributed by atoms with Crippen LogP contribution in [0.1, 0.15) is 26.2 Å². The van der Waals surface area contributed by atoms with E-state index < -0.39 is 0 Å². The largest absolute Gasteiger partial charge is 0.469 e. The summed E-state index contributed by atoms with van der Waals surface area (Å²) < 4.78 is 9.00. The predicted octanol–water partition coefficient (Wildman–Crippen LogP) is 1.14. The maximum absolute atomic E-state index is 10.9. The number of methoxy groups -OCH3 is 2. The van der Waals surface area contributed by atoms with Gasteiger partial charge in [-0.3, -0.25) is 9.59 Å². The molecule has 1 atom stereocenters. The average Bonchev–Trinajstić information content (AvgIpc) is 2.15. The molecule has 0 aliphatic carbocycles. The molecule has 0 aromatic carbocycles. The van der Waals surface area contributed by atoms with Crippen molar-refractivity contribution in [3.63, 3.8) is 0 Å². The average molecular weight is 188 g/mol. The minimum absolute atomic E-state index is 0.144. The predicted molar refractivity (Wildman–Crippen MR) is 47.0 cm³/mol. The highest BCUT2D eigenvalue weighted by Crippen LogP contribution is 2.09. The molecule has 0 aromatic heterocycles. The number of ether oxygens (including phenoxy) is 2. The summed E-state index contributed by atoms with van der Waals surface area (Å²) in [5.74, 6) is -0.614. The van der Waals surface area contributed by atoms with Crippen molar-refractivity contribution in [1.29, 1.82) is 0 Å². The van der Waals surface area contributed by atoms with E-state index in [1.165, 1.54) is 14.2 Å². The zero-order valence-corrected chi connectivity index (χ0v) is 8.33. The second-order valence-corrected chi connectivity index (χ2v) is 2.89. The summed E-state index contributed by atoms with van der Waals surface area (Å²) in [6.07, 6.45) is 1.67. The zero-order valence-electron chi connectivity index (χ0n) is 8.33. The van der Waals surface area contributed by atoms with E-state index in [0.29, 0.717) is 19.3 Å². The van der Waals surface area contributed by atoms with E-state index in [1.807, 2.05) is 0 Å². The fourth-order valence-corrected chi connectivity index (χ4v) is 0.974. The Morgan fingerprint density at radius 2 is 1.85 bits per heavy atom. The van der Waals surface area contributed by atoms with Crippen LogP contribution in [-0.4, -0.2) is 26.2 Å². The SMILES string of the molecule is COC(=O)CCCC(C)C(=O)OC. The van der Waals surface area contributed by atoms with Gasteiger partial charge >= 0.3 is 11.9 Å². The molecule has 13 heavy (non-hydrogen) atoms. The monoisotopic (exact) mass is 188 g/mol. The van der Waals surface area contributed by atoms with Crippen LogP contribution in [0.4, 0.5) is 0 Å². The first-order valence-electron chi connectivity index (χ1n) is 4.26. The molecule has 0 radical (unpaired) electrons. The van der Waals surface area contributed by atoms with Crippen LogP contribution in [0.15, 0.2) is 0 Å². The van der Waals surface area contributed by atoms with Crippen LogP contribution in [0.3, 0.4) is 0 Å². The molecule has 0 spiro atoms. The molecule has 0 aromatic rings. The highest BCUT2D eigenvalue weighted by atomic mass is 16.5. The Labute approximate surface area is 78.2 Å². The minimum Gasteiger partial charge on any atom is -0.469 e. The van der Waals surface area contributed by atoms with Crippen molar-refractivity contribution in [3.05, 3.63) is 0 Å². The van der Waals surface area contributed by atoms with Crippen LogP contribution in [0, 0.1) is 5.92 Å². The van der Waals surface area contributed by atoms with Crippen molar-refractivity contribution in [1.82, 2.24) is 0 Å². The Morgan fingerprint density at radius 1 is 1.23 bits per heavy atom. The summed E-state index contributed by atoms with van der Waals surface area (Å²) >= 11 is 0. The first-order chi connectivity index (χ1) is 6.11. The third-order valence-corrected chi connectivity index (χ3v) is 1.85. The molecule has 0 amide bonds.